The normalized spacial score (nSPS) is 10.8. The Labute approximate surface area is 110 Å². The van der Waals surface area contributed by atoms with Crippen LogP contribution < -0.4 is 4.74 Å². The zero-order valence-corrected chi connectivity index (χ0v) is 10.4. The van der Waals surface area contributed by atoms with Crippen LogP contribution in [0, 0.1) is 0 Å². The molecule has 5 nitrogen and oxygen atoms in total. The van der Waals surface area contributed by atoms with E-state index in [1.807, 2.05) is 6.92 Å². The van der Waals surface area contributed by atoms with Gasteiger partial charge in [-0.1, -0.05) is 6.07 Å². The smallest absolute Gasteiger partial charge is 0.194 e. The summed E-state index contributed by atoms with van der Waals surface area (Å²) in [5.41, 5.74) is 0.496. The summed E-state index contributed by atoms with van der Waals surface area (Å²) in [7, 11) is 0. The van der Waals surface area contributed by atoms with E-state index in [9.17, 15) is 10.2 Å². The van der Waals surface area contributed by atoms with Crippen molar-refractivity contribution in [2.24, 2.45) is 4.99 Å². The van der Waals surface area contributed by atoms with E-state index in [2.05, 4.69) is 9.98 Å². The van der Waals surface area contributed by atoms with Crippen LogP contribution in [-0.2, 0) is 0 Å². The molecule has 98 valence electrons. The molecule has 0 radical (unpaired) electrons. The molecule has 2 aromatic rings. The van der Waals surface area contributed by atoms with Gasteiger partial charge in [-0.2, -0.15) is 0 Å². The Kier molecular flexibility index (Phi) is 3.97. The van der Waals surface area contributed by atoms with Gasteiger partial charge in [-0.25, -0.2) is 9.98 Å². The summed E-state index contributed by atoms with van der Waals surface area (Å²) < 4.78 is 5.28. The lowest BCUT2D eigenvalue weighted by molar-refractivity contribution is 0.318. The summed E-state index contributed by atoms with van der Waals surface area (Å²) in [5.74, 6) is 0.600. The van der Waals surface area contributed by atoms with E-state index in [1.165, 1.54) is 18.5 Å². The molecule has 0 aliphatic heterocycles. The Morgan fingerprint density at radius 3 is 2.84 bits per heavy atom. The molecule has 0 fully saturated rings. The summed E-state index contributed by atoms with van der Waals surface area (Å²) >= 11 is 0. The van der Waals surface area contributed by atoms with Crippen molar-refractivity contribution in [2.75, 3.05) is 6.61 Å². The van der Waals surface area contributed by atoms with Gasteiger partial charge in [0.15, 0.2) is 23.1 Å². The Balaban J connectivity index is 2.29. The predicted octanol–water partition coefficient (Wildman–Crippen LogP) is 2.64. The van der Waals surface area contributed by atoms with Gasteiger partial charge in [0.05, 0.1) is 6.61 Å². The van der Waals surface area contributed by atoms with Crippen molar-refractivity contribution >= 4 is 12.0 Å². The number of hydrogen-bond donors (Lipinski definition) is 2. The van der Waals surface area contributed by atoms with Crippen LogP contribution in [0.5, 0.6) is 17.2 Å². The summed E-state index contributed by atoms with van der Waals surface area (Å²) in [5, 5.41) is 19.5. The minimum Gasteiger partial charge on any atom is -0.504 e. The van der Waals surface area contributed by atoms with Crippen molar-refractivity contribution in [3.8, 4) is 17.2 Å². The van der Waals surface area contributed by atoms with Gasteiger partial charge in [-0.3, -0.25) is 0 Å². The zero-order chi connectivity index (χ0) is 13.7. The van der Waals surface area contributed by atoms with E-state index in [1.54, 1.807) is 24.3 Å². The number of nitrogens with zero attached hydrogens (tertiary/aromatic N) is 2. The average Bonchev–Trinajstić information content (AvgIpc) is 2.42. The van der Waals surface area contributed by atoms with Crippen LogP contribution in [0.15, 0.2) is 41.5 Å². The third-order valence-electron chi connectivity index (χ3n) is 2.42. The highest BCUT2D eigenvalue weighted by molar-refractivity contribution is 5.86. The molecule has 0 saturated heterocycles. The van der Waals surface area contributed by atoms with Crippen LogP contribution in [0.2, 0.25) is 0 Å². The highest BCUT2D eigenvalue weighted by Gasteiger charge is 2.06. The second-order valence-electron chi connectivity index (χ2n) is 3.73. The van der Waals surface area contributed by atoms with Crippen molar-refractivity contribution in [1.82, 2.24) is 4.98 Å². The standard InChI is InChI=1S/C14H14N2O3/c1-2-19-12-7-3-5-10(13(12)18)9-16-14-11(17)6-4-8-15-14/h3-9,17-18H,2H2,1H3/b16-9+. The Morgan fingerprint density at radius 1 is 1.26 bits per heavy atom. The van der Waals surface area contributed by atoms with Gasteiger partial charge in [0.25, 0.3) is 0 Å². The largest absolute Gasteiger partial charge is 0.504 e. The number of benzene rings is 1. The van der Waals surface area contributed by atoms with Gasteiger partial charge in [0.2, 0.25) is 0 Å². The number of aromatic nitrogens is 1. The third kappa shape index (κ3) is 3.01. The van der Waals surface area contributed by atoms with Crippen LogP contribution in [-0.4, -0.2) is 28.0 Å². The number of aliphatic imine (C=N–C) groups is 1. The van der Waals surface area contributed by atoms with E-state index in [4.69, 9.17) is 4.74 Å². The van der Waals surface area contributed by atoms with Gasteiger partial charge in [-0.15, -0.1) is 0 Å². The van der Waals surface area contributed by atoms with Crippen molar-refractivity contribution in [1.29, 1.82) is 0 Å². The molecule has 19 heavy (non-hydrogen) atoms. The fourth-order valence-corrected chi connectivity index (χ4v) is 1.53. The van der Waals surface area contributed by atoms with E-state index >= 15 is 0 Å². The van der Waals surface area contributed by atoms with E-state index < -0.39 is 0 Å². The van der Waals surface area contributed by atoms with Gasteiger partial charge in [-0.05, 0) is 31.2 Å². The Morgan fingerprint density at radius 2 is 2.11 bits per heavy atom. The molecule has 2 rings (SSSR count). The number of hydrogen-bond acceptors (Lipinski definition) is 5. The van der Waals surface area contributed by atoms with Gasteiger partial charge >= 0.3 is 0 Å². The third-order valence-corrected chi connectivity index (χ3v) is 2.42. The van der Waals surface area contributed by atoms with Gasteiger partial charge in [0, 0.05) is 18.0 Å². The lowest BCUT2D eigenvalue weighted by Crippen LogP contribution is -1.93. The number of para-hydroxylation sites is 1. The van der Waals surface area contributed by atoms with Crippen molar-refractivity contribution in [2.45, 2.75) is 6.92 Å². The molecule has 0 aliphatic carbocycles. The first-order valence-electron chi connectivity index (χ1n) is 5.85. The highest BCUT2D eigenvalue weighted by atomic mass is 16.5. The molecule has 1 aromatic heterocycles. The summed E-state index contributed by atoms with van der Waals surface area (Å²) in [6.07, 6.45) is 2.96. The Hall–Kier alpha value is -2.56. The summed E-state index contributed by atoms with van der Waals surface area (Å²) in [6.45, 7) is 2.31. The van der Waals surface area contributed by atoms with Crippen LogP contribution in [0.4, 0.5) is 5.82 Å². The van der Waals surface area contributed by atoms with Crippen LogP contribution in [0.1, 0.15) is 12.5 Å². The maximum absolute atomic E-state index is 9.97. The maximum atomic E-state index is 9.97. The molecule has 0 amide bonds. The van der Waals surface area contributed by atoms with E-state index in [-0.39, 0.29) is 17.3 Å². The zero-order valence-electron chi connectivity index (χ0n) is 10.4. The minimum atomic E-state index is -0.0146. The lowest BCUT2D eigenvalue weighted by atomic mass is 10.2. The monoisotopic (exact) mass is 258 g/mol. The molecule has 0 bridgehead atoms. The molecule has 0 atom stereocenters. The van der Waals surface area contributed by atoms with Crippen LogP contribution in [0.3, 0.4) is 0 Å². The first kappa shape index (κ1) is 12.9. The molecular weight excluding hydrogens is 244 g/mol. The number of aromatic hydroxyl groups is 2. The van der Waals surface area contributed by atoms with E-state index in [0.717, 1.165) is 0 Å². The second-order valence-corrected chi connectivity index (χ2v) is 3.73. The number of phenols is 1. The Bertz CT molecular complexity index is 597. The van der Waals surface area contributed by atoms with Crippen molar-refractivity contribution < 1.29 is 14.9 Å². The SMILES string of the molecule is CCOc1cccc(/C=N/c2ncccc2O)c1O. The molecule has 1 aromatic carbocycles. The topological polar surface area (TPSA) is 74.9 Å². The summed E-state index contributed by atoms with van der Waals surface area (Å²) in [6, 6.07) is 8.23. The first-order chi connectivity index (χ1) is 9.22. The number of phenolic OH excluding ortho intramolecular Hbond substituents is 1. The van der Waals surface area contributed by atoms with Crippen molar-refractivity contribution in [3.63, 3.8) is 0 Å². The lowest BCUT2D eigenvalue weighted by Gasteiger charge is -2.07. The fraction of sp³-hybridized carbons (Fsp3) is 0.143. The summed E-state index contributed by atoms with van der Waals surface area (Å²) in [4.78, 5) is 7.96. The van der Waals surface area contributed by atoms with Gasteiger partial charge in [0.1, 0.15) is 0 Å². The molecule has 0 saturated carbocycles. The van der Waals surface area contributed by atoms with Crippen LogP contribution in [0.25, 0.3) is 0 Å². The quantitative estimate of drug-likeness (QED) is 0.827. The highest BCUT2D eigenvalue weighted by Crippen LogP contribution is 2.29. The van der Waals surface area contributed by atoms with Crippen LogP contribution >= 0.6 is 0 Å². The molecule has 0 spiro atoms. The van der Waals surface area contributed by atoms with Gasteiger partial charge < -0.3 is 14.9 Å². The van der Waals surface area contributed by atoms with E-state index in [0.29, 0.717) is 17.9 Å². The molecule has 2 N–H and O–H groups in total. The molecule has 0 aliphatic rings. The maximum Gasteiger partial charge on any atom is 0.194 e. The molecule has 5 heteroatoms. The minimum absolute atomic E-state index is 0.0146. The first-order valence-corrected chi connectivity index (χ1v) is 5.85. The number of ether oxygens (including phenoxy) is 1. The second kappa shape index (κ2) is 5.86. The molecule has 0 unspecified atom stereocenters. The molecular formula is C14H14N2O3. The fourth-order valence-electron chi connectivity index (χ4n) is 1.53. The number of rotatable bonds is 4. The predicted molar refractivity (Wildman–Crippen MR) is 72.4 cm³/mol. The molecule has 1 heterocycles. The average molecular weight is 258 g/mol. The van der Waals surface area contributed by atoms with Crippen molar-refractivity contribution in [3.05, 3.63) is 42.1 Å². The number of pyridine rings is 1.